The van der Waals surface area contributed by atoms with Crippen molar-refractivity contribution in [3.63, 3.8) is 0 Å². The summed E-state index contributed by atoms with van der Waals surface area (Å²) in [6.45, 7) is 8.61. The van der Waals surface area contributed by atoms with Crippen molar-refractivity contribution in [1.82, 2.24) is 15.2 Å². The molecule has 1 aliphatic heterocycles. The molecule has 0 radical (unpaired) electrons. The second kappa shape index (κ2) is 10.1. The first kappa shape index (κ1) is 23.1. The molecule has 1 aliphatic rings. The van der Waals surface area contributed by atoms with Gasteiger partial charge in [-0.1, -0.05) is 32.9 Å². The van der Waals surface area contributed by atoms with Crippen LogP contribution in [0.15, 0.2) is 42.6 Å². The fraction of sp³-hybridized carbons (Fsp3) is 0.520. The van der Waals surface area contributed by atoms with Crippen LogP contribution in [-0.2, 0) is 11.3 Å². The van der Waals surface area contributed by atoms with E-state index in [0.29, 0.717) is 5.92 Å². The van der Waals surface area contributed by atoms with Gasteiger partial charge in [0.1, 0.15) is 0 Å². The summed E-state index contributed by atoms with van der Waals surface area (Å²) in [6.07, 6.45) is 3.95. The van der Waals surface area contributed by atoms with E-state index in [-0.39, 0.29) is 11.9 Å². The molecule has 6 heteroatoms. The van der Waals surface area contributed by atoms with Gasteiger partial charge in [0.25, 0.3) is 0 Å². The average molecular weight is 426 g/mol. The Morgan fingerprint density at radius 1 is 1.19 bits per heavy atom. The highest BCUT2D eigenvalue weighted by molar-refractivity contribution is 5.81. The summed E-state index contributed by atoms with van der Waals surface area (Å²) in [5.41, 5.74) is 1.67. The number of hydrogen-bond acceptors (Lipinski definition) is 5. The van der Waals surface area contributed by atoms with Crippen LogP contribution in [0, 0.1) is 11.3 Å². The van der Waals surface area contributed by atoms with E-state index in [1.54, 1.807) is 20.4 Å². The maximum Gasteiger partial charge on any atom is 0.225 e. The number of aromatic nitrogens is 1. The third kappa shape index (κ3) is 5.97. The van der Waals surface area contributed by atoms with Gasteiger partial charge in [-0.2, -0.15) is 0 Å². The molecule has 1 aromatic heterocycles. The predicted octanol–water partition coefficient (Wildman–Crippen LogP) is 4.21. The number of pyridine rings is 1. The van der Waals surface area contributed by atoms with Crippen LogP contribution in [0.5, 0.6) is 11.5 Å². The first-order chi connectivity index (χ1) is 14.8. The summed E-state index contributed by atoms with van der Waals surface area (Å²) in [5, 5.41) is 3.30. The van der Waals surface area contributed by atoms with Crippen molar-refractivity contribution in [3.8, 4) is 11.5 Å². The zero-order valence-corrected chi connectivity index (χ0v) is 19.4. The Kier molecular flexibility index (Phi) is 7.55. The van der Waals surface area contributed by atoms with Crippen molar-refractivity contribution in [1.29, 1.82) is 0 Å². The summed E-state index contributed by atoms with van der Waals surface area (Å²) < 4.78 is 10.8. The molecule has 2 heterocycles. The maximum absolute atomic E-state index is 12.8. The van der Waals surface area contributed by atoms with E-state index in [0.717, 1.165) is 49.7 Å². The Morgan fingerprint density at radius 3 is 2.61 bits per heavy atom. The maximum atomic E-state index is 12.8. The van der Waals surface area contributed by atoms with E-state index in [1.165, 1.54) is 5.56 Å². The fourth-order valence-corrected chi connectivity index (χ4v) is 4.10. The summed E-state index contributed by atoms with van der Waals surface area (Å²) in [7, 11) is 3.31. The molecule has 1 saturated heterocycles. The van der Waals surface area contributed by atoms with E-state index in [4.69, 9.17) is 9.47 Å². The van der Waals surface area contributed by atoms with Crippen molar-refractivity contribution in [2.24, 2.45) is 11.3 Å². The zero-order chi connectivity index (χ0) is 22.4. The number of rotatable bonds is 7. The number of carbonyl (C=O) groups is 1. The highest BCUT2D eigenvalue weighted by Gasteiger charge is 2.33. The van der Waals surface area contributed by atoms with E-state index < -0.39 is 5.41 Å². The molecule has 1 N–H and O–H groups in total. The average Bonchev–Trinajstić information content (AvgIpc) is 2.77. The largest absolute Gasteiger partial charge is 0.493 e. The number of likely N-dealkylation sites (tertiary alicyclic amines) is 1. The molecular formula is C25H35N3O3. The minimum Gasteiger partial charge on any atom is -0.493 e. The molecule has 0 spiro atoms. The summed E-state index contributed by atoms with van der Waals surface area (Å²) >= 11 is 0. The normalized spacial score (nSPS) is 18.3. The lowest BCUT2D eigenvalue weighted by Gasteiger charge is -2.38. The summed E-state index contributed by atoms with van der Waals surface area (Å²) in [6, 6.07) is 11.9. The van der Waals surface area contributed by atoms with Gasteiger partial charge in [-0.25, -0.2) is 0 Å². The molecule has 6 nitrogen and oxygen atoms in total. The van der Waals surface area contributed by atoms with Crippen LogP contribution in [0.2, 0.25) is 0 Å². The Labute approximate surface area is 186 Å². The fourth-order valence-electron chi connectivity index (χ4n) is 4.10. The molecule has 0 saturated carbocycles. The molecule has 1 fully saturated rings. The number of ether oxygens (including phenoxy) is 2. The van der Waals surface area contributed by atoms with Crippen LogP contribution < -0.4 is 14.8 Å². The van der Waals surface area contributed by atoms with Gasteiger partial charge in [-0.15, -0.1) is 0 Å². The molecule has 31 heavy (non-hydrogen) atoms. The van der Waals surface area contributed by atoms with Crippen LogP contribution >= 0.6 is 0 Å². The number of nitrogens with one attached hydrogen (secondary N) is 1. The van der Waals surface area contributed by atoms with Crippen LogP contribution in [0.25, 0.3) is 0 Å². The first-order valence-corrected chi connectivity index (χ1v) is 11.0. The lowest BCUT2D eigenvalue weighted by atomic mass is 9.86. The van der Waals surface area contributed by atoms with Crippen molar-refractivity contribution in [3.05, 3.63) is 53.9 Å². The van der Waals surface area contributed by atoms with Crippen molar-refractivity contribution >= 4 is 5.91 Å². The molecule has 0 aliphatic carbocycles. The van der Waals surface area contributed by atoms with Gasteiger partial charge in [-0.05, 0) is 55.1 Å². The third-order valence-corrected chi connectivity index (χ3v) is 5.84. The standard InChI is InChI=1S/C25H35N3O3/c1-25(2,3)24(29)27-23(20-10-6-7-13-26-20)19-9-8-14-28(17-19)16-18-11-12-21(30-4)22(15-18)31-5/h6-7,10-13,15,19,23H,8-9,14,16-17H2,1-5H3,(H,27,29)/t19-,23-/m1/s1. The van der Waals surface area contributed by atoms with E-state index in [9.17, 15) is 4.79 Å². The predicted molar refractivity (Wildman–Crippen MR) is 122 cm³/mol. The Morgan fingerprint density at radius 2 is 1.97 bits per heavy atom. The van der Waals surface area contributed by atoms with Crippen molar-refractivity contribution in [2.45, 2.75) is 46.2 Å². The summed E-state index contributed by atoms with van der Waals surface area (Å²) in [4.78, 5) is 19.8. The van der Waals surface area contributed by atoms with Crippen molar-refractivity contribution in [2.75, 3.05) is 27.3 Å². The zero-order valence-electron chi connectivity index (χ0n) is 19.4. The number of hydrogen-bond donors (Lipinski definition) is 1. The number of benzene rings is 1. The monoisotopic (exact) mass is 425 g/mol. The highest BCUT2D eigenvalue weighted by atomic mass is 16.5. The highest BCUT2D eigenvalue weighted by Crippen LogP contribution is 2.32. The molecule has 1 amide bonds. The van der Waals surface area contributed by atoms with Gasteiger partial charge < -0.3 is 14.8 Å². The second-order valence-corrected chi connectivity index (χ2v) is 9.28. The van der Waals surface area contributed by atoms with Crippen LogP contribution in [-0.4, -0.2) is 43.1 Å². The molecule has 0 unspecified atom stereocenters. The van der Waals surface area contributed by atoms with Gasteiger partial charge in [0, 0.05) is 24.7 Å². The molecule has 168 valence electrons. The van der Waals surface area contributed by atoms with Gasteiger partial charge in [0.2, 0.25) is 5.91 Å². The van der Waals surface area contributed by atoms with Crippen LogP contribution in [0.1, 0.15) is 50.9 Å². The van der Waals surface area contributed by atoms with Gasteiger partial charge in [0.05, 0.1) is 26.0 Å². The Bertz CT molecular complexity index is 864. The number of nitrogens with zero attached hydrogens (tertiary/aromatic N) is 2. The van der Waals surface area contributed by atoms with Gasteiger partial charge in [-0.3, -0.25) is 14.7 Å². The lowest BCUT2D eigenvalue weighted by molar-refractivity contribution is -0.130. The molecular weight excluding hydrogens is 390 g/mol. The first-order valence-electron chi connectivity index (χ1n) is 11.0. The molecule has 0 bridgehead atoms. The number of amides is 1. The third-order valence-electron chi connectivity index (χ3n) is 5.84. The van der Waals surface area contributed by atoms with Crippen LogP contribution in [0.3, 0.4) is 0 Å². The Balaban J connectivity index is 1.76. The SMILES string of the molecule is COc1ccc(CN2CCC[C@@H]([C@@H](NC(=O)C(C)(C)C)c3ccccn3)C2)cc1OC. The van der Waals surface area contributed by atoms with Gasteiger partial charge >= 0.3 is 0 Å². The molecule has 1 aromatic carbocycles. The quantitative estimate of drug-likeness (QED) is 0.720. The number of carbonyl (C=O) groups excluding carboxylic acids is 1. The van der Waals surface area contributed by atoms with E-state index in [1.807, 2.05) is 51.1 Å². The van der Waals surface area contributed by atoms with Gasteiger partial charge in [0.15, 0.2) is 11.5 Å². The van der Waals surface area contributed by atoms with Crippen molar-refractivity contribution < 1.29 is 14.3 Å². The lowest BCUT2D eigenvalue weighted by Crippen LogP contribution is -2.45. The van der Waals surface area contributed by atoms with Crippen LogP contribution in [0.4, 0.5) is 0 Å². The minimum absolute atomic E-state index is 0.0557. The number of piperidine rings is 1. The topological polar surface area (TPSA) is 63.7 Å². The Hall–Kier alpha value is -2.60. The molecule has 2 aromatic rings. The molecule has 2 atom stereocenters. The second-order valence-electron chi connectivity index (χ2n) is 9.28. The van der Waals surface area contributed by atoms with E-state index in [2.05, 4.69) is 21.3 Å². The molecule has 3 rings (SSSR count). The summed E-state index contributed by atoms with van der Waals surface area (Å²) in [5.74, 6) is 1.84. The minimum atomic E-state index is -0.443. The smallest absolute Gasteiger partial charge is 0.225 e. The number of methoxy groups -OCH3 is 2. The van der Waals surface area contributed by atoms with E-state index >= 15 is 0 Å².